The van der Waals surface area contributed by atoms with Gasteiger partial charge in [-0.25, -0.2) is 23.1 Å². The van der Waals surface area contributed by atoms with E-state index >= 15 is 0 Å². The second-order valence-corrected chi connectivity index (χ2v) is 9.64. The van der Waals surface area contributed by atoms with Crippen LogP contribution in [0.15, 0.2) is 42.9 Å². The van der Waals surface area contributed by atoms with Gasteiger partial charge in [-0.1, -0.05) is 18.2 Å². The Morgan fingerprint density at radius 2 is 1.79 bits per heavy atom. The smallest absolute Gasteiger partial charge is 0.168 e. The number of hydrogen-bond donors (Lipinski definition) is 0. The van der Waals surface area contributed by atoms with Crippen LogP contribution in [0.3, 0.4) is 0 Å². The summed E-state index contributed by atoms with van der Waals surface area (Å²) in [5.74, 6) is 1.52. The van der Waals surface area contributed by atoms with Gasteiger partial charge < -0.3 is 4.90 Å². The lowest BCUT2D eigenvalue weighted by atomic mass is 10.2. The van der Waals surface area contributed by atoms with Gasteiger partial charge in [-0.15, -0.1) is 0 Å². The Morgan fingerprint density at radius 3 is 2.50 bits per heavy atom. The maximum Gasteiger partial charge on any atom is 0.168 e. The van der Waals surface area contributed by atoms with Crippen molar-refractivity contribution in [2.75, 3.05) is 42.6 Å². The number of piperazine rings is 1. The van der Waals surface area contributed by atoms with Crippen LogP contribution in [-0.2, 0) is 9.84 Å². The highest BCUT2D eigenvalue weighted by Crippen LogP contribution is 2.26. The molecule has 146 valence electrons. The first-order valence-electron chi connectivity index (χ1n) is 9.54. The van der Waals surface area contributed by atoms with Crippen molar-refractivity contribution < 1.29 is 8.42 Å². The lowest BCUT2D eigenvalue weighted by Crippen LogP contribution is -2.51. The number of sulfone groups is 1. The topological polar surface area (TPSA) is 84.2 Å². The quantitative estimate of drug-likeness (QED) is 0.654. The van der Waals surface area contributed by atoms with Crippen molar-refractivity contribution in [2.24, 2.45) is 0 Å². The molecular weight excluding hydrogens is 376 g/mol. The van der Waals surface area contributed by atoms with E-state index in [-0.39, 0.29) is 6.04 Å². The summed E-state index contributed by atoms with van der Waals surface area (Å²) in [5.41, 5.74) is 1.76. The minimum absolute atomic E-state index is 0.165. The van der Waals surface area contributed by atoms with E-state index in [2.05, 4.69) is 24.9 Å². The molecule has 1 unspecified atom stereocenters. The largest absolute Gasteiger partial charge is 0.353 e. The predicted molar refractivity (Wildman–Crippen MR) is 108 cm³/mol. The standard InChI is InChI=1S/C19H22N6O2S/c26-28(27)11-6-16(13-28)23-7-9-24(10-8-23)18-17-12-22-25(19(17)21-14-20-18)15-4-2-1-3-5-15/h1-5,12,14,16H,6-11,13H2. The summed E-state index contributed by atoms with van der Waals surface area (Å²) in [6.45, 7) is 3.33. The second kappa shape index (κ2) is 6.82. The van der Waals surface area contributed by atoms with Gasteiger partial charge in [0, 0.05) is 32.2 Å². The summed E-state index contributed by atoms with van der Waals surface area (Å²) in [6.07, 6.45) is 4.17. The maximum atomic E-state index is 11.8. The van der Waals surface area contributed by atoms with Crippen LogP contribution in [0.2, 0.25) is 0 Å². The molecule has 28 heavy (non-hydrogen) atoms. The van der Waals surface area contributed by atoms with Crippen LogP contribution in [0.1, 0.15) is 6.42 Å². The van der Waals surface area contributed by atoms with Gasteiger partial charge in [0.2, 0.25) is 0 Å². The molecule has 0 aliphatic carbocycles. The Bertz CT molecular complexity index is 1090. The van der Waals surface area contributed by atoms with E-state index in [1.165, 1.54) is 0 Å². The lowest BCUT2D eigenvalue weighted by Gasteiger charge is -2.38. The van der Waals surface area contributed by atoms with Gasteiger partial charge in [0.25, 0.3) is 0 Å². The summed E-state index contributed by atoms with van der Waals surface area (Å²) < 4.78 is 25.4. The molecule has 2 fully saturated rings. The molecule has 0 N–H and O–H groups in total. The average molecular weight is 398 g/mol. The zero-order valence-corrected chi connectivity index (χ0v) is 16.3. The van der Waals surface area contributed by atoms with Gasteiger partial charge in [0.15, 0.2) is 15.5 Å². The Morgan fingerprint density at radius 1 is 1.00 bits per heavy atom. The maximum absolute atomic E-state index is 11.8. The molecule has 9 heteroatoms. The van der Waals surface area contributed by atoms with Crippen LogP contribution in [0.25, 0.3) is 16.7 Å². The molecule has 2 aliphatic heterocycles. The van der Waals surface area contributed by atoms with E-state index in [1.807, 2.05) is 41.2 Å². The molecule has 1 aromatic carbocycles. The molecule has 0 radical (unpaired) electrons. The summed E-state index contributed by atoms with van der Waals surface area (Å²) in [5, 5.41) is 5.46. The van der Waals surface area contributed by atoms with E-state index in [9.17, 15) is 8.42 Å². The van der Waals surface area contributed by atoms with Crippen molar-refractivity contribution in [1.29, 1.82) is 0 Å². The second-order valence-electron chi connectivity index (χ2n) is 7.41. The Balaban J connectivity index is 1.37. The molecule has 0 spiro atoms. The molecular formula is C19H22N6O2S. The van der Waals surface area contributed by atoms with Crippen LogP contribution in [0.4, 0.5) is 5.82 Å². The zero-order valence-electron chi connectivity index (χ0n) is 15.5. The molecule has 2 aromatic heterocycles. The fourth-order valence-electron chi connectivity index (χ4n) is 4.20. The highest BCUT2D eigenvalue weighted by Gasteiger charge is 2.34. The fourth-order valence-corrected chi connectivity index (χ4v) is 5.97. The van der Waals surface area contributed by atoms with E-state index in [1.54, 1.807) is 6.33 Å². The molecule has 2 aliphatic rings. The van der Waals surface area contributed by atoms with Crippen molar-refractivity contribution in [1.82, 2.24) is 24.6 Å². The zero-order chi connectivity index (χ0) is 19.1. The highest BCUT2D eigenvalue weighted by atomic mass is 32.2. The predicted octanol–water partition coefficient (Wildman–Crippen LogP) is 1.12. The SMILES string of the molecule is O=S1(=O)CCC(N2CCN(c3ncnc4c3cnn4-c3ccccc3)CC2)C1. The molecule has 2 saturated heterocycles. The van der Waals surface area contributed by atoms with E-state index in [0.29, 0.717) is 11.5 Å². The van der Waals surface area contributed by atoms with Crippen molar-refractivity contribution in [3.63, 3.8) is 0 Å². The number of aromatic nitrogens is 4. The third-order valence-electron chi connectivity index (χ3n) is 5.68. The van der Waals surface area contributed by atoms with Gasteiger partial charge in [-0.3, -0.25) is 4.90 Å². The first-order chi connectivity index (χ1) is 13.6. The average Bonchev–Trinajstić information content (AvgIpc) is 3.32. The van der Waals surface area contributed by atoms with Crippen LogP contribution in [0, 0.1) is 0 Å². The summed E-state index contributed by atoms with van der Waals surface area (Å²) >= 11 is 0. The highest BCUT2D eigenvalue weighted by molar-refractivity contribution is 7.91. The molecule has 8 nitrogen and oxygen atoms in total. The molecule has 4 heterocycles. The van der Waals surface area contributed by atoms with E-state index in [4.69, 9.17) is 0 Å². The number of benzene rings is 1. The molecule has 0 saturated carbocycles. The summed E-state index contributed by atoms with van der Waals surface area (Å²) in [6, 6.07) is 10.1. The van der Waals surface area contributed by atoms with Crippen molar-refractivity contribution in [3.05, 3.63) is 42.9 Å². The molecule has 0 bridgehead atoms. The van der Waals surface area contributed by atoms with Crippen LogP contribution in [0.5, 0.6) is 0 Å². The van der Waals surface area contributed by atoms with Gasteiger partial charge in [0.05, 0.1) is 28.8 Å². The number of para-hydroxylation sites is 1. The van der Waals surface area contributed by atoms with Crippen LogP contribution >= 0.6 is 0 Å². The van der Waals surface area contributed by atoms with Gasteiger partial charge in [-0.05, 0) is 18.6 Å². The number of fused-ring (bicyclic) bond motifs is 1. The minimum atomic E-state index is -2.85. The summed E-state index contributed by atoms with van der Waals surface area (Å²) in [4.78, 5) is 13.5. The lowest BCUT2D eigenvalue weighted by molar-refractivity contribution is 0.200. The van der Waals surface area contributed by atoms with E-state index < -0.39 is 9.84 Å². The van der Waals surface area contributed by atoms with Crippen molar-refractivity contribution >= 4 is 26.7 Å². The monoisotopic (exact) mass is 398 g/mol. The fraction of sp³-hybridized carbons (Fsp3) is 0.421. The number of nitrogens with zero attached hydrogens (tertiary/aromatic N) is 6. The normalized spacial score (nSPS) is 22.7. The van der Waals surface area contributed by atoms with Gasteiger partial charge >= 0.3 is 0 Å². The number of rotatable bonds is 3. The molecule has 1 atom stereocenters. The summed E-state index contributed by atoms with van der Waals surface area (Å²) in [7, 11) is -2.85. The van der Waals surface area contributed by atoms with Crippen LogP contribution < -0.4 is 4.90 Å². The molecule has 5 rings (SSSR count). The first kappa shape index (κ1) is 17.6. The van der Waals surface area contributed by atoms with Crippen LogP contribution in [-0.4, -0.2) is 76.8 Å². The minimum Gasteiger partial charge on any atom is -0.353 e. The Kier molecular flexibility index (Phi) is 4.28. The van der Waals surface area contributed by atoms with Gasteiger partial charge in [-0.2, -0.15) is 5.10 Å². The van der Waals surface area contributed by atoms with Gasteiger partial charge in [0.1, 0.15) is 12.1 Å². The number of hydrogen-bond acceptors (Lipinski definition) is 7. The third-order valence-corrected chi connectivity index (χ3v) is 7.43. The van der Waals surface area contributed by atoms with E-state index in [0.717, 1.165) is 55.1 Å². The number of anilines is 1. The Hall–Kier alpha value is -2.52. The molecule has 0 amide bonds. The first-order valence-corrected chi connectivity index (χ1v) is 11.4. The third kappa shape index (κ3) is 3.14. The van der Waals surface area contributed by atoms with Crippen molar-refractivity contribution in [2.45, 2.75) is 12.5 Å². The van der Waals surface area contributed by atoms with Crippen molar-refractivity contribution in [3.8, 4) is 5.69 Å². The Labute approximate surface area is 163 Å². The molecule has 3 aromatic rings.